The third-order valence-corrected chi connectivity index (χ3v) is 5.58. The Morgan fingerprint density at radius 1 is 1.47 bits per heavy atom. The summed E-state index contributed by atoms with van der Waals surface area (Å²) in [7, 11) is 0. The smallest absolute Gasteiger partial charge is 0.310 e. The molecule has 0 bridgehead atoms. The van der Waals surface area contributed by atoms with Crippen molar-refractivity contribution in [3.63, 3.8) is 0 Å². The summed E-state index contributed by atoms with van der Waals surface area (Å²) in [5.41, 5.74) is 0.238. The van der Waals surface area contributed by atoms with E-state index in [4.69, 9.17) is 0 Å². The maximum atomic E-state index is 11.5. The van der Waals surface area contributed by atoms with E-state index < -0.39 is 11.4 Å². The molecule has 1 unspecified atom stereocenters. The molecule has 3 heteroatoms. The Hall–Kier alpha value is -0.830. The average Bonchev–Trinajstić information content (AvgIpc) is 2.99. The molecule has 1 aliphatic rings. The van der Waals surface area contributed by atoms with E-state index in [1.54, 1.807) is 0 Å². The highest BCUT2D eigenvalue weighted by molar-refractivity contribution is 9.09. The van der Waals surface area contributed by atoms with Gasteiger partial charge < -0.3 is 5.11 Å². The molecule has 1 aliphatic carbocycles. The van der Waals surface area contributed by atoms with Crippen LogP contribution in [-0.4, -0.2) is 15.9 Å². The lowest BCUT2D eigenvalue weighted by Gasteiger charge is -2.26. The molecule has 1 saturated carbocycles. The van der Waals surface area contributed by atoms with E-state index in [0.717, 1.165) is 12.0 Å². The van der Waals surface area contributed by atoms with Crippen molar-refractivity contribution >= 4 is 21.9 Å². The molecule has 1 N–H and O–H groups in total. The molecule has 2 nitrogen and oxygen atoms in total. The zero-order chi connectivity index (χ0) is 12.7. The summed E-state index contributed by atoms with van der Waals surface area (Å²) in [5, 5.41) is 9.43. The molecule has 0 amide bonds. The van der Waals surface area contributed by atoms with Crippen LogP contribution in [0.4, 0.5) is 0 Å². The van der Waals surface area contributed by atoms with Crippen molar-refractivity contribution in [1.29, 1.82) is 0 Å². The minimum absolute atomic E-state index is 0.207. The quantitative estimate of drug-likeness (QED) is 0.862. The van der Waals surface area contributed by atoms with Crippen LogP contribution >= 0.6 is 15.9 Å². The Bertz CT molecular complexity index is 431. The Morgan fingerprint density at radius 3 is 2.47 bits per heavy atom. The van der Waals surface area contributed by atoms with E-state index in [2.05, 4.69) is 22.9 Å². The largest absolute Gasteiger partial charge is 0.481 e. The van der Waals surface area contributed by atoms with Gasteiger partial charge in [0.25, 0.3) is 0 Å². The number of hydrogen-bond acceptors (Lipinski definition) is 1. The molecule has 0 aromatic heterocycles. The fourth-order valence-corrected chi connectivity index (χ4v) is 3.85. The number of alkyl halides is 1. The predicted molar refractivity (Wildman–Crippen MR) is 71.5 cm³/mol. The number of rotatable bonds is 4. The van der Waals surface area contributed by atoms with Gasteiger partial charge in [0.1, 0.15) is 0 Å². The van der Waals surface area contributed by atoms with Crippen molar-refractivity contribution < 1.29 is 9.90 Å². The molecular weight excluding hydrogens is 280 g/mol. The third-order valence-electron chi connectivity index (χ3n) is 4.15. The van der Waals surface area contributed by atoms with Crippen LogP contribution in [0.1, 0.15) is 32.3 Å². The van der Waals surface area contributed by atoms with Crippen molar-refractivity contribution in [2.24, 2.45) is 5.41 Å². The highest BCUT2D eigenvalue weighted by Crippen LogP contribution is 2.68. The summed E-state index contributed by atoms with van der Waals surface area (Å²) < 4.78 is 0. The second kappa shape index (κ2) is 4.13. The number of carbonyl (C=O) groups is 1. The fraction of sp³-hybridized carbons (Fsp3) is 0.500. The van der Waals surface area contributed by atoms with Gasteiger partial charge in [-0.25, -0.2) is 0 Å². The fourth-order valence-electron chi connectivity index (χ4n) is 2.92. The number of hydrogen-bond donors (Lipinski definition) is 1. The van der Waals surface area contributed by atoms with Gasteiger partial charge in [-0.2, -0.15) is 0 Å². The van der Waals surface area contributed by atoms with Crippen LogP contribution in [0.5, 0.6) is 0 Å². The maximum absolute atomic E-state index is 11.5. The molecule has 0 heterocycles. The van der Waals surface area contributed by atoms with Gasteiger partial charge in [-0.3, -0.25) is 4.79 Å². The summed E-state index contributed by atoms with van der Waals surface area (Å²) in [6.07, 6.45) is 1.64. The first-order chi connectivity index (χ1) is 7.99. The lowest BCUT2D eigenvalue weighted by atomic mass is 9.83. The molecule has 0 saturated heterocycles. The third kappa shape index (κ3) is 1.63. The normalized spacial score (nSPS) is 33.1. The molecule has 0 aliphatic heterocycles. The molecule has 1 aromatic rings. The molecular formula is C14H17BrO2. The van der Waals surface area contributed by atoms with E-state index in [1.165, 1.54) is 0 Å². The van der Waals surface area contributed by atoms with E-state index in [-0.39, 0.29) is 10.2 Å². The number of aliphatic carboxylic acids is 1. The van der Waals surface area contributed by atoms with Gasteiger partial charge >= 0.3 is 5.97 Å². The average molecular weight is 297 g/mol. The highest BCUT2D eigenvalue weighted by Gasteiger charge is 2.72. The summed E-state index contributed by atoms with van der Waals surface area (Å²) in [5.74, 6) is -0.695. The first kappa shape index (κ1) is 12.6. The number of carboxylic acids is 1. The van der Waals surface area contributed by atoms with Gasteiger partial charge in [0.05, 0.1) is 5.41 Å². The summed E-state index contributed by atoms with van der Waals surface area (Å²) in [6.45, 7) is 3.94. The van der Waals surface area contributed by atoms with E-state index in [0.29, 0.717) is 6.42 Å². The second-order valence-corrected chi connectivity index (χ2v) is 6.13. The lowest BCUT2D eigenvalue weighted by Crippen LogP contribution is -2.31. The topological polar surface area (TPSA) is 37.3 Å². The van der Waals surface area contributed by atoms with Gasteiger partial charge in [-0.15, -0.1) is 0 Å². The zero-order valence-corrected chi connectivity index (χ0v) is 11.7. The standard InChI is InChI=1S/C14H17BrO2/c1-3-11(15)14(9-13(14,2)12(16)17)10-7-5-4-6-8-10/h4-8,11H,3,9H2,1-2H3,(H,16,17)/t11?,13-,14-/m0/s1. The van der Waals surface area contributed by atoms with E-state index in [1.807, 2.05) is 37.3 Å². The van der Waals surface area contributed by atoms with Crippen LogP contribution < -0.4 is 0 Å². The van der Waals surface area contributed by atoms with Crippen molar-refractivity contribution in [3.8, 4) is 0 Å². The monoisotopic (exact) mass is 296 g/mol. The van der Waals surface area contributed by atoms with Gasteiger partial charge in [-0.05, 0) is 25.3 Å². The van der Waals surface area contributed by atoms with E-state index >= 15 is 0 Å². The minimum atomic E-state index is -0.695. The molecule has 1 fully saturated rings. The predicted octanol–water partition coefficient (Wildman–Crippen LogP) is 3.59. The highest BCUT2D eigenvalue weighted by atomic mass is 79.9. The van der Waals surface area contributed by atoms with Crippen LogP contribution in [-0.2, 0) is 10.2 Å². The number of halogens is 1. The minimum Gasteiger partial charge on any atom is -0.481 e. The molecule has 0 radical (unpaired) electrons. The van der Waals surface area contributed by atoms with Gasteiger partial charge in [0.2, 0.25) is 0 Å². The Labute approximate surface area is 110 Å². The Kier molecular flexibility index (Phi) is 3.06. The molecule has 17 heavy (non-hydrogen) atoms. The van der Waals surface area contributed by atoms with Crippen LogP contribution in [0.15, 0.2) is 30.3 Å². The summed E-state index contributed by atoms with van der Waals surface area (Å²) in [4.78, 5) is 11.7. The maximum Gasteiger partial charge on any atom is 0.310 e. The Balaban J connectivity index is 2.46. The van der Waals surface area contributed by atoms with Crippen LogP contribution in [0.3, 0.4) is 0 Å². The van der Waals surface area contributed by atoms with Crippen molar-refractivity contribution in [3.05, 3.63) is 35.9 Å². The van der Waals surface area contributed by atoms with Gasteiger partial charge in [0.15, 0.2) is 0 Å². The summed E-state index contributed by atoms with van der Waals surface area (Å²) >= 11 is 3.68. The molecule has 3 atom stereocenters. The molecule has 1 aromatic carbocycles. The van der Waals surface area contributed by atoms with Gasteiger partial charge in [-0.1, -0.05) is 53.2 Å². The number of carboxylic acid groups (broad SMARTS) is 1. The zero-order valence-electron chi connectivity index (χ0n) is 10.1. The van der Waals surface area contributed by atoms with Crippen molar-refractivity contribution in [1.82, 2.24) is 0 Å². The lowest BCUT2D eigenvalue weighted by molar-refractivity contribution is -0.143. The first-order valence-corrected chi connectivity index (χ1v) is 6.83. The van der Waals surface area contributed by atoms with Crippen LogP contribution in [0.25, 0.3) is 0 Å². The molecule has 2 rings (SSSR count). The van der Waals surface area contributed by atoms with Gasteiger partial charge in [0, 0.05) is 10.2 Å². The molecule has 0 spiro atoms. The van der Waals surface area contributed by atoms with Crippen LogP contribution in [0.2, 0.25) is 0 Å². The second-order valence-electron chi connectivity index (χ2n) is 5.03. The number of benzene rings is 1. The van der Waals surface area contributed by atoms with Crippen molar-refractivity contribution in [2.45, 2.75) is 36.9 Å². The first-order valence-electron chi connectivity index (χ1n) is 5.92. The molecule has 92 valence electrons. The van der Waals surface area contributed by atoms with Crippen molar-refractivity contribution in [2.75, 3.05) is 0 Å². The Morgan fingerprint density at radius 2 is 2.06 bits per heavy atom. The van der Waals surface area contributed by atoms with E-state index in [9.17, 15) is 9.90 Å². The summed E-state index contributed by atoms with van der Waals surface area (Å²) in [6, 6.07) is 10.0. The van der Waals surface area contributed by atoms with Crippen LogP contribution in [0, 0.1) is 5.41 Å². The SMILES string of the molecule is CCC(Br)[C@@]1(c2ccccc2)C[C@@]1(C)C(=O)O.